The number of carbonyl (C=O) groups is 2. The van der Waals surface area contributed by atoms with E-state index < -0.39 is 5.54 Å². The van der Waals surface area contributed by atoms with Gasteiger partial charge in [-0.15, -0.1) is 0 Å². The quantitative estimate of drug-likeness (QED) is 0.834. The van der Waals surface area contributed by atoms with Crippen LogP contribution in [0.4, 0.5) is 4.79 Å². The van der Waals surface area contributed by atoms with Crippen molar-refractivity contribution in [3.05, 3.63) is 35.4 Å². The third kappa shape index (κ3) is 1.76. The summed E-state index contributed by atoms with van der Waals surface area (Å²) >= 11 is 0. The smallest absolute Gasteiger partial charge is 0.305 e. The maximum atomic E-state index is 12.1. The molecule has 1 saturated carbocycles. The zero-order valence-electron chi connectivity index (χ0n) is 11.1. The fraction of sp³-hybridized carbons (Fsp3) is 0.400. The van der Waals surface area contributed by atoms with Crippen molar-refractivity contribution in [2.75, 3.05) is 0 Å². The minimum Gasteiger partial charge on any atom is -0.305 e. The average Bonchev–Trinajstić information content (AvgIpc) is 3.02. The molecule has 3 rings (SSSR count). The third-order valence-corrected chi connectivity index (χ3v) is 4.30. The number of nitrogens with zero attached hydrogens (tertiary/aromatic N) is 2. The summed E-state index contributed by atoms with van der Waals surface area (Å²) in [6.07, 6.45) is 3.33. The number of nitriles is 1. The topological polar surface area (TPSA) is 73.2 Å². The Labute approximate surface area is 117 Å². The molecular formula is C15H15N3O2. The fourth-order valence-corrected chi connectivity index (χ4v) is 3.22. The van der Waals surface area contributed by atoms with Gasteiger partial charge in [-0.3, -0.25) is 10.1 Å². The van der Waals surface area contributed by atoms with Crippen molar-refractivity contribution < 1.29 is 9.59 Å². The van der Waals surface area contributed by atoms with E-state index >= 15 is 0 Å². The van der Waals surface area contributed by atoms with Crippen LogP contribution in [0, 0.1) is 11.3 Å². The number of carbonyl (C=O) groups excluding carboxylic acids is 2. The van der Waals surface area contributed by atoms with Gasteiger partial charge in [0.2, 0.25) is 0 Å². The lowest BCUT2D eigenvalue weighted by molar-refractivity contribution is -0.126. The van der Waals surface area contributed by atoms with Crippen molar-refractivity contribution >= 4 is 11.9 Å². The van der Waals surface area contributed by atoms with E-state index in [1.54, 1.807) is 17.0 Å². The second kappa shape index (κ2) is 4.64. The predicted octanol–water partition coefficient (Wildman–Crippen LogP) is 1.92. The third-order valence-electron chi connectivity index (χ3n) is 4.30. The molecule has 2 fully saturated rings. The summed E-state index contributed by atoms with van der Waals surface area (Å²) in [6, 6.07) is 8.98. The van der Waals surface area contributed by atoms with Crippen LogP contribution < -0.4 is 5.32 Å². The van der Waals surface area contributed by atoms with Crippen LogP contribution in [0.1, 0.15) is 36.8 Å². The summed E-state index contributed by atoms with van der Waals surface area (Å²) in [5.74, 6) is -0.186. The molecule has 0 radical (unpaired) electrons. The minimum atomic E-state index is -0.695. The maximum absolute atomic E-state index is 12.1. The van der Waals surface area contributed by atoms with Crippen molar-refractivity contribution in [2.45, 2.75) is 37.8 Å². The first kappa shape index (κ1) is 12.7. The number of urea groups is 1. The highest BCUT2D eigenvalue weighted by atomic mass is 16.2. The van der Waals surface area contributed by atoms with E-state index in [0.29, 0.717) is 24.9 Å². The van der Waals surface area contributed by atoms with E-state index in [-0.39, 0.29) is 11.9 Å². The number of nitrogens with one attached hydrogen (secondary N) is 1. The summed E-state index contributed by atoms with van der Waals surface area (Å²) in [5.41, 5.74) is 0.638. The Hall–Kier alpha value is -2.35. The summed E-state index contributed by atoms with van der Waals surface area (Å²) in [4.78, 5) is 25.8. The highest BCUT2D eigenvalue weighted by Crippen LogP contribution is 2.39. The zero-order chi connectivity index (χ0) is 14.2. The molecule has 2 aliphatic rings. The molecule has 1 saturated heterocycles. The molecule has 5 nitrogen and oxygen atoms in total. The van der Waals surface area contributed by atoms with E-state index in [1.165, 1.54) is 0 Å². The van der Waals surface area contributed by atoms with Crippen LogP contribution in [-0.2, 0) is 11.3 Å². The molecule has 1 aliphatic heterocycles. The second-order valence-corrected chi connectivity index (χ2v) is 5.35. The first-order valence-electron chi connectivity index (χ1n) is 6.78. The van der Waals surface area contributed by atoms with E-state index in [4.69, 9.17) is 5.26 Å². The van der Waals surface area contributed by atoms with Crippen molar-refractivity contribution in [2.24, 2.45) is 0 Å². The molecule has 1 aromatic rings. The first-order valence-corrected chi connectivity index (χ1v) is 6.78. The van der Waals surface area contributed by atoms with Crippen LogP contribution >= 0.6 is 0 Å². The molecule has 1 aliphatic carbocycles. The number of rotatable bonds is 2. The number of benzene rings is 1. The molecule has 0 aromatic heterocycles. The van der Waals surface area contributed by atoms with Gasteiger partial charge in [0.15, 0.2) is 0 Å². The lowest BCUT2D eigenvalue weighted by Gasteiger charge is -2.31. The zero-order valence-corrected chi connectivity index (χ0v) is 11.1. The minimum absolute atomic E-state index is 0.186. The van der Waals surface area contributed by atoms with Gasteiger partial charge in [-0.25, -0.2) is 4.79 Å². The SMILES string of the molecule is N#Cc1ccccc1CN1C(=O)NC(=O)C12CCCC2. The Morgan fingerprint density at radius 2 is 1.95 bits per heavy atom. The normalized spacial score (nSPS) is 20.2. The molecule has 1 aromatic carbocycles. The van der Waals surface area contributed by atoms with Gasteiger partial charge >= 0.3 is 6.03 Å². The molecule has 102 valence electrons. The Morgan fingerprint density at radius 3 is 2.65 bits per heavy atom. The van der Waals surface area contributed by atoms with Crippen molar-refractivity contribution in [1.29, 1.82) is 5.26 Å². The van der Waals surface area contributed by atoms with Gasteiger partial charge in [-0.05, 0) is 24.5 Å². The van der Waals surface area contributed by atoms with Crippen LogP contribution in [0.15, 0.2) is 24.3 Å². The predicted molar refractivity (Wildman–Crippen MR) is 71.4 cm³/mol. The van der Waals surface area contributed by atoms with Crippen molar-refractivity contribution in [3.8, 4) is 6.07 Å². The standard InChI is InChI=1S/C15H15N3O2/c16-9-11-5-1-2-6-12(11)10-18-14(20)17-13(19)15(18)7-3-4-8-15/h1-2,5-6H,3-4,7-8,10H2,(H,17,19,20). The van der Waals surface area contributed by atoms with E-state index in [0.717, 1.165) is 18.4 Å². The highest BCUT2D eigenvalue weighted by molar-refractivity contribution is 6.07. The molecule has 20 heavy (non-hydrogen) atoms. The van der Waals surface area contributed by atoms with Crippen LogP contribution in [0.3, 0.4) is 0 Å². The second-order valence-electron chi connectivity index (χ2n) is 5.35. The Morgan fingerprint density at radius 1 is 1.25 bits per heavy atom. The highest BCUT2D eigenvalue weighted by Gasteiger charge is 2.53. The van der Waals surface area contributed by atoms with Crippen LogP contribution in [-0.4, -0.2) is 22.4 Å². The molecule has 1 spiro atoms. The molecular weight excluding hydrogens is 254 g/mol. The Balaban J connectivity index is 1.95. The van der Waals surface area contributed by atoms with Crippen LogP contribution in [0.25, 0.3) is 0 Å². The van der Waals surface area contributed by atoms with Gasteiger partial charge < -0.3 is 4.90 Å². The van der Waals surface area contributed by atoms with Gasteiger partial charge in [-0.1, -0.05) is 31.0 Å². The maximum Gasteiger partial charge on any atom is 0.325 e. The summed E-state index contributed by atoms with van der Waals surface area (Å²) in [7, 11) is 0. The van der Waals surface area contributed by atoms with E-state index in [2.05, 4.69) is 11.4 Å². The van der Waals surface area contributed by atoms with Crippen LogP contribution in [0.2, 0.25) is 0 Å². The first-order chi connectivity index (χ1) is 9.67. The fourth-order valence-electron chi connectivity index (χ4n) is 3.22. The summed E-state index contributed by atoms with van der Waals surface area (Å²) < 4.78 is 0. The van der Waals surface area contributed by atoms with Gasteiger partial charge in [0.05, 0.1) is 11.6 Å². The van der Waals surface area contributed by atoms with Gasteiger partial charge in [0.1, 0.15) is 5.54 Å². The molecule has 1 heterocycles. The van der Waals surface area contributed by atoms with Crippen molar-refractivity contribution in [1.82, 2.24) is 10.2 Å². The summed E-state index contributed by atoms with van der Waals surface area (Å²) in [6.45, 7) is 0.307. The molecule has 0 atom stereocenters. The number of hydrogen-bond acceptors (Lipinski definition) is 3. The lowest BCUT2D eigenvalue weighted by atomic mass is 9.95. The largest absolute Gasteiger partial charge is 0.325 e. The van der Waals surface area contributed by atoms with E-state index in [9.17, 15) is 9.59 Å². The molecule has 0 bridgehead atoms. The molecule has 0 unspecified atom stereocenters. The van der Waals surface area contributed by atoms with Gasteiger partial charge in [0, 0.05) is 6.54 Å². The molecule has 3 amide bonds. The Bertz CT molecular complexity index is 612. The molecule has 1 N–H and O–H groups in total. The monoisotopic (exact) mass is 269 g/mol. The van der Waals surface area contributed by atoms with Crippen molar-refractivity contribution in [3.63, 3.8) is 0 Å². The molecule has 5 heteroatoms. The van der Waals surface area contributed by atoms with Gasteiger partial charge in [0.25, 0.3) is 5.91 Å². The number of imide groups is 1. The number of amides is 3. The Kier molecular flexibility index (Phi) is 2.94. The summed E-state index contributed by atoms with van der Waals surface area (Å²) in [5, 5.41) is 11.6. The number of hydrogen-bond donors (Lipinski definition) is 1. The average molecular weight is 269 g/mol. The van der Waals surface area contributed by atoms with Crippen LogP contribution in [0.5, 0.6) is 0 Å². The lowest BCUT2D eigenvalue weighted by Crippen LogP contribution is -2.46. The van der Waals surface area contributed by atoms with Gasteiger partial charge in [-0.2, -0.15) is 5.26 Å². The van der Waals surface area contributed by atoms with E-state index in [1.807, 2.05) is 12.1 Å².